The van der Waals surface area contributed by atoms with E-state index < -0.39 is 18.2 Å². The predicted molar refractivity (Wildman–Crippen MR) is 199 cm³/mol. The van der Waals surface area contributed by atoms with Gasteiger partial charge in [-0.05, 0) is 78.1 Å². The number of benzene rings is 2. The third-order valence-electron chi connectivity index (χ3n) is 10.5. The molecule has 4 heterocycles. The Morgan fingerprint density at radius 2 is 1.71 bits per heavy atom. The fourth-order valence-corrected chi connectivity index (χ4v) is 8.59. The van der Waals surface area contributed by atoms with Crippen molar-refractivity contribution < 1.29 is 24.2 Å². The van der Waals surface area contributed by atoms with Gasteiger partial charge < -0.3 is 30.5 Å². The molecule has 1 aliphatic heterocycles. The third-order valence-corrected chi connectivity index (χ3v) is 11.5. The average Bonchev–Trinajstić information content (AvgIpc) is 3.51. The zero-order valence-corrected chi connectivity index (χ0v) is 29.6. The average molecular weight is 717 g/mol. The van der Waals surface area contributed by atoms with E-state index >= 15 is 0 Å². The van der Waals surface area contributed by atoms with Gasteiger partial charge in [-0.2, -0.15) is 0 Å². The van der Waals surface area contributed by atoms with Gasteiger partial charge in [0.15, 0.2) is 0 Å². The molecular weight excluding hydrogens is 677 g/mol. The number of anilines is 1. The molecule has 52 heavy (non-hydrogen) atoms. The van der Waals surface area contributed by atoms with Crippen LogP contribution in [0.15, 0.2) is 90.0 Å². The minimum absolute atomic E-state index is 0.0311. The van der Waals surface area contributed by atoms with Crippen LogP contribution in [0.2, 0.25) is 0 Å². The SMILES string of the molecule is COc1ccc2nccc(C(O)C(NC(=O)OCC3c4ccccc4-c4ccccc43)[C@H]3CC[C@H](NCc4ccc5c(n4)NC(=O)CS5)CC3)c2n1. The number of pyridine rings is 3. The summed E-state index contributed by atoms with van der Waals surface area (Å²) in [5, 5.41) is 21.7. The number of rotatable bonds is 10. The molecule has 4 N–H and O–H groups in total. The summed E-state index contributed by atoms with van der Waals surface area (Å²) < 4.78 is 11.4. The Labute approximate surface area is 306 Å². The number of thioether (sulfide) groups is 1. The number of ether oxygens (including phenoxy) is 2. The zero-order valence-electron chi connectivity index (χ0n) is 28.7. The number of methoxy groups -OCH3 is 1. The highest BCUT2D eigenvalue weighted by Crippen LogP contribution is 2.44. The molecule has 1 saturated carbocycles. The summed E-state index contributed by atoms with van der Waals surface area (Å²) in [4.78, 5) is 40.3. The molecule has 0 saturated heterocycles. The van der Waals surface area contributed by atoms with E-state index in [4.69, 9.17) is 9.47 Å². The van der Waals surface area contributed by atoms with Gasteiger partial charge in [-0.1, -0.05) is 48.5 Å². The van der Waals surface area contributed by atoms with Crippen molar-refractivity contribution in [2.45, 2.75) is 61.2 Å². The van der Waals surface area contributed by atoms with Gasteiger partial charge in [-0.25, -0.2) is 14.8 Å². The molecule has 0 spiro atoms. The Morgan fingerprint density at radius 3 is 2.46 bits per heavy atom. The molecule has 266 valence electrons. The van der Waals surface area contributed by atoms with E-state index in [2.05, 4.69) is 55.2 Å². The maximum Gasteiger partial charge on any atom is 0.407 e. The predicted octanol–water partition coefficient (Wildman–Crippen LogP) is 6.37. The fraction of sp³-hybridized carbons (Fsp3) is 0.325. The van der Waals surface area contributed by atoms with E-state index in [0.717, 1.165) is 58.5 Å². The molecule has 2 aromatic carbocycles. The lowest BCUT2D eigenvalue weighted by Gasteiger charge is -2.37. The molecule has 12 heteroatoms. The lowest BCUT2D eigenvalue weighted by molar-refractivity contribution is -0.113. The summed E-state index contributed by atoms with van der Waals surface area (Å²) >= 11 is 1.50. The van der Waals surface area contributed by atoms with Crippen LogP contribution >= 0.6 is 11.8 Å². The molecular formula is C40H40N6O5S. The molecule has 1 fully saturated rings. The number of hydrogen-bond acceptors (Lipinski definition) is 10. The van der Waals surface area contributed by atoms with Gasteiger partial charge in [-0.3, -0.25) is 9.78 Å². The summed E-state index contributed by atoms with van der Waals surface area (Å²) in [6.45, 7) is 0.749. The van der Waals surface area contributed by atoms with Gasteiger partial charge in [0.25, 0.3) is 0 Å². The maximum atomic E-state index is 13.7. The van der Waals surface area contributed by atoms with Gasteiger partial charge in [0.2, 0.25) is 11.8 Å². The van der Waals surface area contributed by atoms with Crippen LogP contribution in [-0.2, 0) is 16.1 Å². The Bertz CT molecular complexity index is 2080. The normalized spacial score (nSPS) is 19.2. The summed E-state index contributed by atoms with van der Waals surface area (Å²) in [6, 6.07) is 25.4. The lowest BCUT2D eigenvalue weighted by Crippen LogP contribution is -2.47. The summed E-state index contributed by atoms with van der Waals surface area (Å²) in [7, 11) is 1.55. The van der Waals surface area contributed by atoms with Crippen LogP contribution in [-0.4, -0.2) is 63.6 Å². The van der Waals surface area contributed by atoms with E-state index in [1.54, 1.807) is 25.4 Å². The van der Waals surface area contributed by atoms with Crippen LogP contribution < -0.4 is 20.7 Å². The maximum absolute atomic E-state index is 13.7. The molecule has 0 radical (unpaired) electrons. The van der Waals surface area contributed by atoms with Crippen molar-refractivity contribution >= 4 is 40.6 Å². The van der Waals surface area contributed by atoms with E-state index in [-0.39, 0.29) is 30.4 Å². The van der Waals surface area contributed by atoms with Crippen molar-refractivity contribution in [1.82, 2.24) is 25.6 Å². The molecule has 11 nitrogen and oxygen atoms in total. The number of alkyl carbamates (subject to hydrolysis) is 1. The second kappa shape index (κ2) is 14.9. The van der Waals surface area contributed by atoms with Crippen molar-refractivity contribution in [2.24, 2.45) is 5.92 Å². The number of carbonyl (C=O) groups excluding carboxylic acids is 2. The summed E-state index contributed by atoms with van der Waals surface area (Å²) in [6.07, 6.45) is 3.24. The Kier molecular flexibility index (Phi) is 9.76. The lowest BCUT2D eigenvalue weighted by atomic mass is 9.78. The number of nitrogens with zero attached hydrogens (tertiary/aromatic N) is 3. The first kappa shape index (κ1) is 34.1. The molecule has 8 rings (SSSR count). The molecule has 2 unspecified atom stereocenters. The molecule has 3 aliphatic rings. The largest absolute Gasteiger partial charge is 0.481 e. The number of nitrogens with one attached hydrogen (secondary N) is 3. The van der Waals surface area contributed by atoms with Crippen LogP contribution in [0.3, 0.4) is 0 Å². The highest BCUT2D eigenvalue weighted by atomic mass is 32.2. The van der Waals surface area contributed by atoms with Crippen molar-refractivity contribution in [1.29, 1.82) is 0 Å². The number of carbonyl (C=O) groups is 2. The van der Waals surface area contributed by atoms with E-state index in [9.17, 15) is 14.7 Å². The molecule has 2 atom stereocenters. The van der Waals surface area contributed by atoms with Crippen molar-refractivity contribution in [2.75, 3.05) is 24.8 Å². The Hall–Kier alpha value is -5.04. The standard InChI is InChI=1S/C40H40N6O5S/c1-50-35-17-15-32-37(45-35)30(18-19-41-32)38(48)36(46-40(49)51-21-31-28-8-4-2-6-26(28)27-7-3-5-9-29(27)31)23-10-12-24(13-11-23)42-20-25-14-16-33-39(43-25)44-34(47)22-52-33/h2-9,14-19,23-24,31,36,38,42,48H,10-13,20-22H2,1H3,(H,46,49)(H,43,44,47)/t23-,24-,36?,38?. The molecule has 3 aromatic heterocycles. The monoisotopic (exact) mass is 716 g/mol. The van der Waals surface area contributed by atoms with Crippen molar-refractivity contribution in [3.63, 3.8) is 0 Å². The van der Waals surface area contributed by atoms with E-state index in [1.165, 1.54) is 11.8 Å². The van der Waals surface area contributed by atoms with Gasteiger partial charge in [-0.15, -0.1) is 11.8 Å². The summed E-state index contributed by atoms with van der Waals surface area (Å²) in [5.74, 6) is 1.29. The first-order valence-electron chi connectivity index (χ1n) is 17.7. The van der Waals surface area contributed by atoms with Crippen LogP contribution in [0.1, 0.15) is 60.1 Å². The van der Waals surface area contributed by atoms with Gasteiger partial charge in [0.1, 0.15) is 18.5 Å². The molecule has 0 bridgehead atoms. The zero-order chi connectivity index (χ0) is 35.6. The van der Waals surface area contributed by atoms with Crippen LogP contribution in [0.5, 0.6) is 5.88 Å². The first-order valence-corrected chi connectivity index (χ1v) is 18.7. The highest BCUT2D eigenvalue weighted by Gasteiger charge is 2.36. The van der Waals surface area contributed by atoms with Crippen LogP contribution in [0.4, 0.5) is 10.6 Å². The molecule has 2 amide bonds. The van der Waals surface area contributed by atoms with E-state index in [1.807, 2.05) is 42.5 Å². The number of aromatic nitrogens is 3. The van der Waals surface area contributed by atoms with Crippen LogP contribution in [0, 0.1) is 5.92 Å². The van der Waals surface area contributed by atoms with E-state index in [0.29, 0.717) is 40.6 Å². The van der Waals surface area contributed by atoms with Crippen molar-refractivity contribution in [3.8, 4) is 17.0 Å². The second-order valence-electron chi connectivity index (χ2n) is 13.5. The smallest absolute Gasteiger partial charge is 0.407 e. The quantitative estimate of drug-likeness (QED) is 0.129. The van der Waals surface area contributed by atoms with Gasteiger partial charge in [0, 0.05) is 36.3 Å². The van der Waals surface area contributed by atoms with Crippen molar-refractivity contribution in [3.05, 3.63) is 107 Å². The van der Waals surface area contributed by atoms with Crippen LogP contribution in [0.25, 0.3) is 22.2 Å². The minimum Gasteiger partial charge on any atom is -0.481 e. The fourth-order valence-electron chi connectivity index (χ4n) is 7.84. The number of aliphatic hydroxyl groups is 1. The number of hydrogen-bond donors (Lipinski definition) is 4. The number of fused-ring (bicyclic) bond motifs is 5. The van der Waals surface area contributed by atoms with Gasteiger partial charge >= 0.3 is 6.09 Å². The third kappa shape index (κ3) is 6.93. The highest BCUT2D eigenvalue weighted by molar-refractivity contribution is 8.00. The minimum atomic E-state index is -1.08. The summed E-state index contributed by atoms with van der Waals surface area (Å²) in [5.41, 5.74) is 7.17. The second-order valence-corrected chi connectivity index (χ2v) is 14.6. The van der Waals surface area contributed by atoms with Gasteiger partial charge in [0.05, 0.1) is 40.5 Å². The Morgan fingerprint density at radius 1 is 0.962 bits per heavy atom. The number of aliphatic hydroxyl groups excluding tert-OH is 1. The topological polar surface area (TPSA) is 148 Å². The molecule has 5 aromatic rings. The first-order chi connectivity index (χ1) is 25.4. The number of amides is 2. The molecule has 2 aliphatic carbocycles. The Balaban J connectivity index is 0.978.